The van der Waals surface area contributed by atoms with E-state index in [1.807, 2.05) is 18.3 Å². The zero-order valence-electron chi connectivity index (χ0n) is 12.0. The third-order valence-corrected chi connectivity index (χ3v) is 4.09. The smallest absolute Gasteiger partial charge is 0.118 e. The van der Waals surface area contributed by atoms with Crippen molar-refractivity contribution in [3.8, 4) is 5.75 Å². The Morgan fingerprint density at radius 3 is 2.50 bits per heavy atom. The summed E-state index contributed by atoms with van der Waals surface area (Å²) in [6, 6.07) is 12.5. The summed E-state index contributed by atoms with van der Waals surface area (Å²) in [7, 11) is 1.69. The van der Waals surface area contributed by atoms with Crippen LogP contribution in [-0.4, -0.2) is 16.9 Å². The average Bonchev–Trinajstić information content (AvgIpc) is 2.48. The Morgan fingerprint density at radius 1 is 1.15 bits per heavy atom. The van der Waals surface area contributed by atoms with E-state index in [1.54, 1.807) is 7.11 Å². The molecule has 1 aromatic heterocycles. The van der Waals surface area contributed by atoms with Gasteiger partial charge in [-0.15, -0.1) is 0 Å². The molecule has 0 saturated heterocycles. The first-order valence-corrected chi connectivity index (χ1v) is 7.77. The van der Waals surface area contributed by atoms with Crippen molar-refractivity contribution in [2.45, 2.75) is 31.0 Å². The number of hydrogen-bond acceptors (Lipinski definition) is 2. The maximum absolute atomic E-state index is 5.17. The third-order valence-electron chi connectivity index (χ3n) is 3.31. The lowest BCUT2D eigenvalue weighted by atomic mass is 10.1. The molecule has 1 heterocycles. The second-order valence-corrected chi connectivity index (χ2v) is 6.31. The van der Waals surface area contributed by atoms with Crippen LogP contribution in [-0.2, 0) is 12.8 Å². The molecule has 0 spiro atoms. The number of ether oxygens (including phenoxy) is 1. The molecule has 0 N–H and O–H groups in total. The van der Waals surface area contributed by atoms with Gasteiger partial charge in [0.1, 0.15) is 5.75 Å². The van der Waals surface area contributed by atoms with Crippen LogP contribution in [0, 0.1) is 6.92 Å². The van der Waals surface area contributed by atoms with Crippen molar-refractivity contribution in [3.05, 3.63) is 59.4 Å². The normalized spacial score (nSPS) is 12.2. The van der Waals surface area contributed by atoms with E-state index in [9.17, 15) is 0 Å². The highest BCUT2D eigenvalue weighted by Crippen LogP contribution is 2.17. The van der Waals surface area contributed by atoms with Crippen LogP contribution < -0.4 is 4.74 Å². The first kappa shape index (κ1) is 15.0. The Labute approximate surface area is 129 Å². The number of hydrogen-bond donors (Lipinski definition) is 0. The number of rotatable bonds is 6. The van der Waals surface area contributed by atoms with E-state index in [-0.39, 0.29) is 0 Å². The van der Waals surface area contributed by atoms with Gasteiger partial charge in [0.25, 0.3) is 0 Å². The van der Waals surface area contributed by atoms with Crippen LogP contribution in [0.15, 0.2) is 42.6 Å². The Morgan fingerprint density at radius 2 is 1.90 bits per heavy atom. The topological polar surface area (TPSA) is 22.1 Å². The molecule has 0 radical (unpaired) electrons. The van der Waals surface area contributed by atoms with Crippen molar-refractivity contribution in [3.63, 3.8) is 0 Å². The van der Waals surface area contributed by atoms with E-state index in [2.05, 4.69) is 52.1 Å². The van der Waals surface area contributed by atoms with Gasteiger partial charge in [-0.3, -0.25) is 4.98 Å². The standard InChI is InChI=1S/C17H20BrNO/c1-13-3-8-16(19-12-13)11-15(18)7-4-14-5-9-17(20-2)10-6-14/h3,5-6,8-10,12,15H,4,7,11H2,1-2H3. The van der Waals surface area contributed by atoms with Crippen LogP contribution in [0.1, 0.15) is 23.2 Å². The van der Waals surface area contributed by atoms with Crippen LogP contribution in [0.2, 0.25) is 0 Å². The highest BCUT2D eigenvalue weighted by atomic mass is 79.9. The predicted octanol–water partition coefficient (Wildman–Crippen LogP) is 4.34. The molecular formula is C17H20BrNO. The first-order valence-electron chi connectivity index (χ1n) is 6.86. The molecule has 2 nitrogen and oxygen atoms in total. The molecule has 0 fully saturated rings. The summed E-state index contributed by atoms with van der Waals surface area (Å²) < 4.78 is 5.17. The van der Waals surface area contributed by atoms with Gasteiger partial charge in [0.15, 0.2) is 0 Å². The number of aromatic nitrogens is 1. The summed E-state index contributed by atoms with van der Waals surface area (Å²) in [4.78, 5) is 4.91. The van der Waals surface area contributed by atoms with Gasteiger partial charge in [0, 0.05) is 23.1 Å². The summed E-state index contributed by atoms with van der Waals surface area (Å²) in [5.41, 5.74) is 3.69. The van der Waals surface area contributed by atoms with Crippen LogP contribution in [0.25, 0.3) is 0 Å². The SMILES string of the molecule is COc1ccc(CCC(Br)Cc2ccc(C)cn2)cc1. The zero-order valence-corrected chi connectivity index (χ0v) is 13.6. The van der Waals surface area contributed by atoms with Gasteiger partial charge >= 0.3 is 0 Å². The van der Waals surface area contributed by atoms with Crippen molar-refractivity contribution in [2.24, 2.45) is 0 Å². The van der Waals surface area contributed by atoms with Crippen LogP contribution in [0.5, 0.6) is 5.75 Å². The molecule has 0 bridgehead atoms. The van der Waals surface area contributed by atoms with Gasteiger partial charge in [-0.25, -0.2) is 0 Å². The molecule has 3 heteroatoms. The molecule has 0 amide bonds. The summed E-state index contributed by atoms with van der Waals surface area (Å²) in [5.74, 6) is 0.910. The van der Waals surface area contributed by atoms with Crippen molar-refractivity contribution < 1.29 is 4.74 Å². The molecule has 2 aromatic rings. The lowest BCUT2D eigenvalue weighted by Gasteiger charge is -2.10. The van der Waals surface area contributed by atoms with E-state index >= 15 is 0 Å². The second-order valence-electron chi connectivity index (χ2n) is 5.02. The molecule has 0 saturated carbocycles. The number of halogens is 1. The molecule has 1 aromatic carbocycles. The van der Waals surface area contributed by atoms with Gasteiger partial charge < -0.3 is 4.74 Å². The van der Waals surface area contributed by atoms with Crippen LogP contribution in [0.4, 0.5) is 0 Å². The van der Waals surface area contributed by atoms with Gasteiger partial charge in [0.05, 0.1) is 7.11 Å². The fourth-order valence-electron chi connectivity index (χ4n) is 2.06. The summed E-state index contributed by atoms with van der Waals surface area (Å²) in [6.07, 6.45) is 5.06. The molecule has 106 valence electrons. The Hall–Kier alpha value is -1.35. The highest BCUT2D eigenvalue weighted by Gasteiger charge is 2.07. The summed E-state index contributed by atoms with van der Waals surface area (Å²) >= 11 is 3.75. The van der Waals surface area contributed by atoms with Crippen molar-refractivity contribution in [2.75, 3.05) is 7.11 Å². The van der Waals surface area contributed by atoms with Crippen LogP contribution >= 0.6 is 15.9 Å². The first-order chi connectivity index (χ1) is 9.67. The van der Waals surface area contributed by atoms with Crippen molar-refractivity contribution >= 4 is 15.9 Å². The van der Waals surface area contributed by atoms with E-state index in [0.717, 1.165) is 30.7 Å². The van der Waals surface area contributed by atoms with Gasteiger partial charge in [0.2, 0.25) is 0 Å². The molecule has 20 heavy (non-hydrogen) atoms. The molecule has 1 unspecified atom stereocenters. The fourth-order valence-corrected chi connectivity index (χ4v) is 2.62. The lowest BCUT2D eigenvalue weighted by Crippen LogP contribution is -2.06. The molecule has 0 aliphatic carbocycles. The zero-order chi connectivity index (χ0) is 14.4. The molecule has 1 atom stereocenters. The van der Waals surface area contributed by atoms with Gasteiger partial charge in [-0.2, -0.15) is 0 Å². The van der Waals surface area contributed by atoms with E-state index in [1.165, 1.54) is 11.1 Å². The quantitative estimate of drug-likeness (QED) is 0.733. The number of nitrogens with zero attached hydrogens (tertiary/aromatic N) is 1. The minimum Gasteiger partial charge on any atom is -0.497 e. The Bertz CT molecular complexity index is 522. The summed E-state index contributed by atoms with van der Waals surface area (Å²) in [5, 5.41) is 0. The number of methoxy groups -OCH3 is 1. The lowest BCUT2D eigenvalue weighted by molar-refractivity contribution is 0.414. The average molecular weight is 334 g/mol. The largest absolute Gasteiger partial charge is 0.497 e. The molecular weight excluding hydrogens is 314 g/mol. The van der Waals surface area contributed by atoms with Crippen molar-refractivity contribution in [1.29, 1.82) is 0 Å². The highest BCUT2D eigenvalue weighted by molar-refractivity contribution is 9.09. The minimum absolute atomic E-state index is 0.458. The number of alkyl halides is 1. The maximum atomic E-state index is 5.17. The third kappa shape index (κ3) is 4.64. The molecule has 2 rings (SSSR count). The number of aryl methyl sites for hydroxylation is 2. The van der Waals surface area contributed by atoms with E-state index in [4.69, 9.17) is 4.74 Å². The molecule has 0 aliphatic heterocycles. The Kier molecular flexibility index (Phi) is 5.60. The number of benzene rings is 1. The Balaban J connectivity index is 1.82. The van der Waals surface area contributed by atoms with Gasteiger partial charge in [-0.05, 0) is 49.1 Å². The summed E-state index contributed by atoms with van der Waals surface area (Å²) in [6.45, 7) is 2.06. The fraction of sp³-hybridized carbons (Fsp3) is 0.353. The van der Waals surface area contributed by atoms with Crippen LogP contribution in [0.3, 0.4) is 0 Å². The van der Waals surface area contributed by atoms with E-state index < -0.39 is 0 Å². The predicted molar refractivity (Wildman–Crippen MR) is 86.7 cm³/mol. The van der Waals surface area contributed by atoms with Gasteiger partial charge in [-0.1, -0.05) is 34.1 Å². The second kappa shape index (κ2) is 7.44. The molecule has 0 aliphatic rings. The maximum Gasteiger partial charge on any atom is 0.118 e. The number of pyridine rings is 1. The monoisotopic (exact) mass is 333 g/mol. The minimum atomic E-state index is 0.458. The van der Waals surface area contributed by atoms with E-state index in [0.29, 0.717) is 4.83 Å². The van der Waals surface area contributed by atoms with Crippen molar-refractivity contribution in [1.82, 2.24) is 4.98 Å².